The minimum absolute atomic E-state index is 0.320. The molecule has 3 aromatic rings. The molecule has 0 radical (unpaired) electrons. The van der Waals surface area contributed by atoms with Crippen LogP contribution >= 0.6 is 0 Å². The molecule has 1 aromatic heterocycles. The fraction of sp³-hybridized carbons (Fsp3) is 0.464. The normalized spacial score (nSPS) is 15.7. The number of hydrogen-bond donors (Lipinski definition) is 1. The number of nitrogens with zero attached hydrogens (tertiary/aromatic N) is 3. The Morgan fingerprint density at radius 1 is 0.943 bits per heavy atom. The minimum atomic E-state index is -0.799. The van der Waals surface area contributed by atoms with Gasteiger partial charge in [-0.3, -0.25) is 9.58 Å². The Hall–Kier alpha value is -3.03. The van der Waals surface area contributed by atoms with Gasteiger partial charge in [0.1, 0.15) is 24.6 Å². The van der Waals surface area contributed by atoms with Crippen molar-refractivity contribution in [2.45, 2.75) is 52.3 Å². The summed E-state index contributed by atoms with van der Waals surface area (Å²) < 4.78 is 19.4. The average molecular weight is 480 g/mol. The molecule has 188 valence electrons. The predicted octanol–water partition coefficient (Wildman–Crippen LogP) is 4.30. The van der Waals surface area contributed by atoms with E-state index in [0.717, 1.165) is 53.6 Å². The number of aliphatic hydroxyl groups is 1. The number of benzene rings is 2. The van der Waals surface area contributed by atoms with Crippen LogP contribution in [0.2, 0.25) is 0 Å². The highest BCUT2D eigenvalue weighted by atomic mass is 16.5. The van der Waals surface area contributed by atoms with Gasteiger partial charge >= 0.3 is 0 Å². The molecule has 7 heteroatoms. The van der Waals surface area contributed by atoms with Crippen LogP contribution < -0.4 is 14.2 Å². The summed E-state index contributed by atoms with van der Waals surface area (Å²) in [5.74, 6) is 2.31. The number of hydrogen-bond acceptors (Lipinski definition) is 6. The van der Waals surface area contributed by atoms with E-state index >= 15 is 0 Å². The molecule has 0 amide bonds. The topological polar surface area (TPSA) is 69.0 Å². The summed E-state index contributed by atoms with van der Waals surface area (Å²) in [6.07, 6.45) is 5.21. The number of methoxy groups -OCH3 is 1. The molecular formula is C28H37N3O4. The van der Waals surface area contributed by atoms with Crippen LogP contribution in [0.5, 0.6) is 17.2 Å². The van der Waals surface area contributed by atoms with Gasteiger partial charge in [-0.1, -0.05) is 23.8 Å². The molecule has 4 rings (SSSR count). The summed E-state index contributed by atoms with van der Waals surface area (Å²) in [7, 11) is 1.66. The quantitative estimate of drug-likeness (QED) is 0.468. The highest BCUT2D eigenvalue weighted by Crippen LogP contribution is 2.30. The first-order valence-corrected chi connectivity index (χ1v) is 12.3. The van der Waals surface area contributed by atoms with Gasteiger partial charge in [0.05, 0.1) is 19.9 Å². The Bertz CT molecular complexity index is 1120. The molecule has 1 fully saturated rings. The Kier molecular flexibility index (Phi) is 7.98. The van der Waals surface area contributed by atoms with Crippen LogP contribution in [-0.2, 0) is 13.1 Å². The zero-order valence-electron chi connectivity index (χ0n) is 21.3. The summed E-state index contributed by atoms with van der Waals surface area (Å²) >= 11 is 0. The van der Waals surface area contributed by atoms with E-state index in [1.165, 1.54) is 5.56 Å². The van der Waals surface area contributed by atoms with E-state index < -0.39 is 5.60 Å². The van der Waals surface area contributed by atoms with Crippen molar-refractivity contribution in [1.82, 2.24) is 14.7 Å². The van der Waals surface area contributed by atoms with E-state index in [1.54, 1.807) is 7.11 Å². The number of aryl methyl sites for hydroxylation is 3. The van der Waals surface area contributed by atoms with Crippen molar-refractivity contribution >= 4 is 0 Å². The van der Waals surface area contributed by atoms with Crippen LogP contribution in [0.3, 0.4) is 0 Å². The second-order valence-electron chi connectivity index (χ2n) is 9.67. The zero-order chi connectivity index (χ0) is 24.8. The van der Waals surface area contributed by atoms with Crippen LogP contribution in [0.15, 0.2) is 48.8 Å². The van der Waals surface area contributed by atoms with Crippen LogP contribution in [-0.4, -0.2) is 58.8 Å². The van der Waals surface area contributed by atoms with E-state index in [9.17, 15) is 5.11 Å². The Labute approximate surface area is 208 Å². The molecule has 35 heavy (non-hydrogen) atoms. The van der Waals surface area contributed by atoms with E-state index in [2.05, 4.69) is 35.1 Å². The van der Waals surface area contributed by atoms with Gasteiger partial charge in [0, 0.05) is 25.8 Å². The first-order chi connectivity index (χ1) is 16.8. The van der Waals surface area contributed by atoms with Gasteiger partial charge < -0.3 is 19.3 Å². The third-order valence-electron chi connectivity index (χ3n) is 6.59. The van der Waals surface area contributed by atoms with Crippen molar-refractivity contribution in [2.75, 3.05) is 33.4 Å². The maximum atomic E-state index is 11.1. The Balaban J connectivity index is 1.28. The van der Waals surface area contributed by atoms with Gasteiger partial charge in [0.25, 0.3) is 0 Å². The smallest absolute Gasteiger partial charge is 0.161 e. The molecule has 1 aliphatic rings. The number of aromatic nitrogens is 2. The summed E-state index contributed by atoms with van der Waals surface area (Å²) in [6.45, 7) is 10.1. The third-order valence-corrected chi connectivity index (χ3v) is 6.59. The van der Waals surface area contributed by atoms with Crippen LogP contribution in [0.4, 0.5) is 0 Å². The molecule has 7 nitrogen and oxygen atoms in total. The third kappa shape index (κ3) is 6.77. The SMILES string of the molecule is COc1ccc(CN2CCC(O)(COc3ccc(C)cc3C)CC2)cc1OCCn1cc(C)cn1. The van der Waals surface area contributed by atoms with Crippen LogP contribution in [0, 0.1) is 20.8 Å². The first-order valence-electron chi connectivity index (χ1n) is 12.3. The monoisotopic (exact) mass is 479 g/mol. The zero-order valence-corrected chi connectivity index (χ0v) is 21.3. The molecule has 0 unspecified atom stereocenters. The first kappa shape index (κ1) is 25.1. The standard InChI is InChI=1S/C28H37N3O4/c1-21-5-7-25(23(3)15-21)35-20-28(32)9-11-30(12-10-28)19-24-6-8-26(33-4)27(16-24)34-14-13-31-18-22(2)17-29-31/h5-8,15-18,32H,9-14,19-20H2,1-4H3. The molecule has 0 atom stereocenters. The molecule has 1 saturated heterocycles. The number of likely N-dealkylation sites (tertiary alicyclic amines) is 1. The van der Waals surface area contributed by atoms with Crippen molar-refractivity contribution in [1.29, 1.82) is 0 Å². The maximum absolute atomic E-state index is 11.1. The summed E-state index contributed by atoms with van der Waals surface area (Å²) in [6, 6.07) is 12.2. The average Bonchev–Trinajstić information content (AvgIpc) is 3.25. The van der Waals surface area contributed by atoms with E-state index in [-0.39, 0.29) is 0 Å². The number of ether oxygens (including phenoxy) is 3. The summed E-state index contributed by atoms with van der Waals surface area (Å²) in [4.78, 5) is 2.36. The number of piperidine rings is 1. The largest absolute Gasteiger partial charge is 0.493 e. The van der Waals surface area contributed by atoms with E-state index in [0.29, 0.717) is 32.6 Å². The lowest BCUT2D eigenvalue weighted by atomic mass is 9.92. The van der Waals surface area contributed by atoms with Crippen LogP contribution in [0.1, 0.15) is 35.1 Å². The van der Waals surface area contributed by atoms with Gasteiger partial charge in [-0.25, -0.2) is 0 Å². The molecule has 2 aromatic carbocycles. The number of rotatable bonds is 10. The van der Waals surface area contributed by atoms with Crippen molar-refractivity contribution in [3.8, 4) is 17.2 Å². The van der Waals surface area contributed by atoms with Crippen molar-refractivity contribution in [3.63, 3.8) is 0 Å². The lowest BCUT2D eigenvalue weighted by molar-refractivity contribution is -0.0538. The molecular weight excluding hydrogens is 442 g/mol. The molecule has 0 saturated carbocycles. The lowest BCUT2D eigenvalue weighted by Crippen LogP contribution is -2.47. The Morgan fingerprint density at radius 2 is 1.71 bits per heavy atom. The van der Waals surface area contributed by atoms with Gasteiger partial charge in [0.15, 0.2) is 11.5 Å². The molecule has 0 aliphatic carbocycles. The highest BCUT2D eigenvalue weighted by molar-refractivity contribution is 5.43. The summed E-state index contributed by atoms with van der Waals surface area (Å²) in [5.41, 5.74) is 3.81. The van der Waals surface area contributed by atoms with Crippen molar-refractivity contribution < 1.29 is 19.3 Å². The molecule has 2 heterocycles. The van der Waals surface area contributed by atoms with Crippen LogP contribution in [0.25, 0.3) is 0 Å². The molecule has 0 bridgehead atoms. The van der Waals surface area contributed by atoms with Gasteiger partial charge in [-0.2, -0.15) is 5.10 Å². The fourth-order valence-corrected chi connectivity index (χ4v) is 4.47. The highest BCUT2D eigenvalue weighted by Gasteiger charge is 2.33. The minimum Gasteiger partial charge on any atom is -0.493 e. The van der Waals surface area contributed by atoms with Gasteiger partial charge in [-0.15, -0.1) is 0 Å². The predicted molar refractivity (Wildman–Crippen MR) is 136 cm³/mol. The van der Waals surface area contributed by atoms with Crippen molar-refractivity contribution in [2.24, 2.45) is 0 Å². The van der Waals surface area contributed by atoms with Gasteiger partial charge in [-0.05, 0) is 68.5 Å². The Morgan fingerprint density at radius 3 is 2.40 bits per heavy atom. The van der Waals surface area contributed by atoms with Crippen molar-refractivity contribution in [3.05, 3.63) is 71.0 Å². The fourth-order valence-electron chi connectivity index (χ4n) is 4.47. The maximum Gasteiger partial charge on any atom is 0.161 e. The lowest BCUT2D eigenvalue weighted by Gasteiger charge is -2.38. The van der Waals surface area contributed by atoms with E-state index in [4.69, 9.17) is 14.2 Å². The molecule has 0 spiro atoms. The second-order valence-corrected chi connectivity index (χ2v) is 9.67. The molecule has 1 N–H and O–H groups in total. The van der Waals surface area contributed by atoms with Gasteiger partial charge in [0.2, 0.25) is 0 Å². The van der Waals surface area contributed by atoms with E-state index in [1.807, 2.05) is 49.1 Å². The second kappa shape index (κ2) is 11.1. The summed E-state index contributed by atoms with van der Waals surface area (Å²) in [5, 5.41) is 15.4. The molecule has 1 aliphatic heterocycles.